The SMILES string of the molecule is O=C1C[C@H](O[C@H]2O[C@H](CO)[C@@H](O)[C@H](O)[C@@H]2O)CN1Cc1ccccc1. The molecule has 2 fully saturated rings. The normalized spacial score (nSPS) is 36.0. The van der Waals surface area contributed by atoms with Crippen LogP contribution in [0.5, 0.6) is 0 Å². The number of ether oxygens (including phenoxy) is 2. The van der Waals surface area contributed by atoms with E-state index in [1.165, 1.54) is 0 Å². The second-order valence-electron chi connectivity index (χ2n) is 6.42. The molecule has 0 spiro atoms. The van der Waals surface area contributed by atoms with Crippen molar-refractivity contribution in [1.29, 1.82) is 0 Å². The van der Waals surface area contributed by atoms with Gasteiger partial charge in [0.25, 0.3) is 0 Å². The van der Waals surface area contributed by atoms with Crippen molar-refractivity contribution in [1.82, 2.24) is 4.90 Å². The van der Waals surface area contributed by atoms with E-state index < -0.39 is 43.4 Å². The molecule has 8 heteroatoms. The summed E-state index contributed by atoms with van der Waals surface area (Å²) in [6.45, 7) is 0.283. The number of rotatable bonds is 5. The highest BCUT2D eigenvalue weighted by Gasteiger charge is 2.45. The van der Waals surface area contributed by atoms with Gasteiger partial charge in [0.15, 0.2) is 6.29 Å². The average Bonchev–Trinajstić information content (AvgIpc) is 2.95. The van der Waals surface area contributed by atoms with E-state index in [0.717, 1.165) is 5.56 Å². The van der Waals surface area contributed by atoms with E-state index in [1.54, 1.807) is 4.90 Å². The van der Waals surface area contributed by atoms with Gasteiger partial charge in [0.05, 0.1) is 19.1 Å². The molecule has 0 bridgehead atoms. The van der Waals surface area contributed by atoms with E-state index in [9.17, 15) is 25.2 Å². The number of nitrogens with zero attached hydrogens (tertiary/aromatic N) is 1. The Bertz CT molecular complexity index is 582. The Balaban J connectivity index is 1.59. The van der Waals surface area contributed by atoms with Gasteiger partial charge in [-0.25, -0.2) is 0 Å². The van der Waals surface area contributed by atoms with Crippen LogP contribution in [0, 0.1) is 0 Å². The summed E-state index contributed by atoms with van der Waals surface area (Å²) >= 11 is 0. The van der Waals surface area contributed by atoms with Gasteiger partial charge in [-0.2, -0.15) is 0 Å². The molecule has 2 heterocycles. The number of aliphatic hydroxyl groups excluding tert-OH is 4. The van der Waals surface area contributed by atoms with E-state index in [1.807, 2.05) is 30.3 Å². The third-order valence-corrected chi connectivity index (χ3v) is 4.57. The first-order valence-electron chi connectivity index (χ1n) is 8.27. The fraction of sp³-hybridized carbons (Fsp3) is 0.588. The zero-order valence-corrected chi connectivity index (χ0v) is 13.6. The molecule has 1 amide bonds. The number of carbonyl (C=O) groups is 1. The number of carbonyl (C=O) groups excluding carboxylic acids is 1. The number of likely N-dealkylation sites (tertiary alicyclic amines) is 1. The summed E-state index contributed by atoms with van der Waals surface area (Å²) in [5.41, 5.74) is 1.00. The lowest BCUT2D eigenvalue weighted by molar-refractivity contribution is -0.310. The lowest BCUT2D eigenvalue weighted by atomic mass is 9.99. The molecule has 2 aliphatic heterocycles. The minimum Gasteiger partial charge on any atom is -0.394 e. The fourth-order valence-electron chi connectivity index (χ4n) is 3.15. The summed E-state index contributed by atoms with van der Waals surface area (Å²) in [6.07, 6.45) is -6.99. The van der Waals surface area contributed by atoms with Crippen LogP contribution < -0.4 is 0 Å². The molecular formula is C17H23NO7. The Kier molecular flexibility index (Phi) is 5.67. The second-order valence-corrected chi connectivity index (χ2v) is 6.42. The lowest BCUT2D eigenvalue weighted by Crippen LogP contribution is -2.59. The van der Waals surface area contributed by atoms with Gasteiger partial charge in [-0.15, -0.1) is 0 Å². The van der Waals surface area contributed by atoms with Gasteiger partial charge in [-0.1, -0.05) is 30.3 Å². The van der Waals surface area contributed by atoms with Crippen LogP contribution in [0.4, 0.5) is 0 Å². The molecule has 3 rings (SSSR count). The topological polar surface area (TPSA) is 120 Å². The zero-order valence-electron chi connectivity index (χ0n) is 13.6. The van der Waals surface area contributed by atoms with Gasteiger partial charge in [0.2, 0.25) is 5.91 Å². The lowest BCUT2D eigenvalue weighted by Gasteiger charge is -2.40. The molecule has 2 aliphatic rings. The molecular weight excluding hydrogens is 330 g/mol. The minimum atomic E-state index is -1.49. The summed E-state index contributed by atoms with van der Waals surface area (Å²) < 4.78 is 11.0. The first-order chi connectivity index (χ1) is 12.0. The third kappa shape index (κ3) is 4.00. The standard InChI is InChI=1S/C17H23NO7/c19-9-12-14(21)15(22)16(23)17(25-12)24-11-6-13(20)18(8-11)7-10-4-2-1-3-5-10/h1-5,11-12,14-17,19,21-23H,6-9H2/t11-,12+,14+,15-,16-,17-/m0/s1. The average molecular weight is 353 g/mol. The molecule has 6 atom stereocenters. The Morgan fingerprint density at radius 2 is 1.84 bits per heavy atom. The van der Waals surface area contributed by atoms with Crippen molar-refractivity contribution in [2.24, 2.45) is 0 Å². The number of aliphatic hydroxyl groups is 4. The van der Waals surface area contributed by atoms with Crippen LogP contribution in [0.15, 0.2) is 30.3 Å². The highest BCUT2D eigenvalue weighted by molar-refractivity contribution is 5.79. The van der Waals surface area contributed by atoms with Gasteiger partial charge in [0, 0.05) is 13.1 Å². The first kappa shape index (κ1) is 18.2. The van der Waals surface area contributed by atoms with E-state index in [2.05, 4.69) is 0 Å². The van der Waals surface area contributed by atoms with Crippen LogP contribution in [-0.4, -0.2) is 81.2 Å². The van der Waals surface area contributed by atoms with E-state index >= 15 is 0 Å². The van der Waals surface area contributed by atoms with E-state index in [0.29, 0.717) is 13.1 Å². The van der Waals surface area contributed by atoms with Crippen molar-refractivity contribution in [3.8, 4) is 0 Å². The summed E-state index contributed by atoms with van der Waals surface area (Å²) in [5.74, 6) is -0.0709. The van der Waals surface area contributed by atoms with E-state index in [4.69, 9.17) is 9.47 Å². The molecule has 2 saturated heterocycles. The van der Waals surface area contributed by atoms with Crippen LogP contribution in [0.3, 0.4) is 0 Å². The van der Waals surface area contributed by atoms with Crippen LogP contribution in [0.2, 0.25) is 0 Å². The number of amides is 1. The third-order valence-electron chi connectivity index (χ3n) is 4.57. The fourth-order valence-corrected chi connectivity index (χ4v) is 3.15. The van der Waals surface area contributed by atoms with Gasteiger partial charge in [-0.05, 0) is 5.56 Å². The van der Waals surface area contributed by atoms with Crippen molar-refractivity contribution in [3.05, 3.63) is 35.9 Å². The Morgan fingerprint density at radius 1 is 1.12 bits per heavy atom. The van der Waals surface area contributed by atoms with Crippen LogP contribution in [0.1, 0.15) is 12.0 Å². The molecule has 4 N–H and O–H groups in total. The van der Waals surface area contributed by atoms with Crippen molar-refractivity contribution in [2.75, 3.05) is 13.2 Å². The van der Waals surface area contributed by atoms with Gasteiger partial charge in [0.1, 0.15) is 24.4 Å². The van der Waals surface area contributed by atoms with Crippen LogP contribution in [-0.2, 0) is 20.8 Å². The molecule has 0 saturated carbocycles. The van der Waals surface area contributed by atoms with Crippen LogP contribution in [0.25, 0.3) is 0 Å². The number of benzene rings is 1. The smallest absolute Gasteiger partial charge is 0.225 e. The zero-order chi connectivity index (χ0) is 18.0. The van der Waals surface area contributed by atoms with Crippen molar-refractivity contribution in [2.45, 2.75) is 49.8 Å². The molecule has 0 radical (unpaired) electrons. The summed E-state index contributed by atoms with van der Waals surface area (Å²) in [7, 11) is 0. The summed E-state index contributed by atoms with van der Waals surface area (Å²) in [4.78, 5) is 13.8. The summed E-state index contributed by atoms with van der Waals surface area (Å²) in [5, 5.41) is 38.8. The van der Waals surface area contributed by atoms with E-state index in [-0.39, 0.29) is 12.3 Å². The Hall–Kier alpha value is -1.55. The largest absolute Gasteiger partial charge is 0.394 e. The first-order valence-corrected chi connectivity index (χ1v) is 8.27. The maximum atomic E-state index is 12.2. The molecule has 0 aliphatic carbocycles. The molecule has 0 aromatic heterocycles. The number of hydrogen-bond acceptors (Lipinski definition) is 7. The van der Waals surface area contributed by atoms with Crippen molar-refractivity contribution < 1.29 is 34.7 Å². The molecule has 138 valence electrons. The van der Waals surface area contributed by atoms with Crippen molar-refractivity contribution in [3.63, 3.8) is 0 Å². The molecule has 0 unspecified atom stereocenters. The molecule has 1 aromatic carbocycles. The predicted octanol–water partition coefficient (Wildman–Crippen LogP) is -1.40. The second kappa shape index (κ2) is 7.77. The highest BCUT2D eigenvalue weighted by atomic mass is 16.7. The number of hydrogen-bond donors (Lipinski definition) is 4. The quantitative estimate of drug-likeness (QED) is 0.514. The summed E-state index contributed by atoms with van der Waals surface area (Å²) in [6, 6.07) is 9.56. The van der Waals surface area contributed by atoms with Gasteiger partial charge < -0.3 is 34.8 Å². The molecule has 25 heavy (non-hydrogen) atoms. The molecule has 8 nitrogen and oxygen atoms in total. The maximum absolute atomic E-state index is 12.2. The van der Waals surface area contributed by atoms with Crippen molar-refractivity contribution >= 4 is 5.91 Å². The van der Waals surface area contributed by atoms with Gasteiger partial charge in [-0.3, -0.25) is 4.79 Å². The molecule has 1 aromatic rings. The van der Waals surface area contributed by atoms with Crippen LogP contribution >= 0.6 is 0 Å². The highest BCUT2D eigenvalue weighted by Crippen LogP contribution is 2.26. The predicted molar refractivity (Wildman–Crippen MR) is 85.1 cm³/mol. The Morgan fingerprint density at radius 3 is 2.52 bits per heavy atom. The Labute approximate surface area is 145 Å². The van der Waals surface area contributed by atoms with Gasteiger partial charge >= 0.3 is 0 Å². The monoisotopic (exact) mass is 353 g/mol. The minimum absolute atomic E-state index is 0.0709. The maximum Gasteiger partial charge on any atom is 0.225 e.